The molecule has 3 rings (SSSR count). The molecule has 1 heterocycles. The quantitative estimate of drug-likeness (QED) is 0.788. The van der Waals surface area contributed by atoms with Crippen LogP contribution in [0, 0.1) is 5.92 Å². The molecule has 0 saturated heterocycles. The molecule has 1 N–H and O–H groups in total. The number of hydrogen-bond acceptors (Lipinski definition) is 3. The van der Waals surface area contributed by atoms with Crippen LogP contribution in [-0.2, 0) is 6.54 Å². The summed E-state index contributed by atoms with van der Waals surface area (Å²) in [4.78, 5) is 2.66. The summed E-state index contributed by atoms with van der Waals surface area (Å²) in [5.41, 5.74) is 0. The molecule has 20 heavy (non-hydrogen) atoms. The summed E-state index contributed by atoms with van der Waals surface area (Å²) in [6.45, 7) is 5.66. The molecule has 0 amide bonds. The average molecular weight is 276 g/mol. The van der Waals surface area contributed by atoms with Crippen LogP contribution in [0.5, 0.6) is 0 Å². The van der Waals surface area contributed by atoms with Crippen LogP contribution in [0.4, 0.5) is 0 Å². The van der Waals surface area contributed by atoms with Crippen molar-refractivity contribution in [3.63, 3.8) is 0 Å². The summed E-state index contributed by atoms with van der Waals surface area (Å²) < 4.78 is 5.54. The van der Waals surface area contributed by atoms with E-state index in [2.05, 4.69) is 23.2 Å². The molecule has 2 aliphatic rings. The molecule has 0 radical (unpaired) electrons. The van der Waals surface area contributed by atoms with Gasteiger partial charge in [-0.3, -0.25) is 4.90 Å². The summed E-state index contributed by atoms with van der Waals surface area (Å²) >= 11 is 0. The van der Waals surface area contributed by atoms with E-state index in [-0.39, 0.29) is 0 Å². The van der Waals surface area contributed by atoms with Crippen LogP contribution in [0.15, 0.2) is 22.8 Å². The molecule has 0 bridgehead atoms. The molecule has 3 nitrogen and oxygen atoms in total. The van der Waals surface area contributed by atoms with Gasteiger partial charge in [-0.05, 0) is 56.7 Å². The molecule has 1 aromatic rings. The van der Waals surface area contributed by atoms with Crippen molar-refractivity contribution >= 4 is 0 Å². The number of nitrogens with zero attached hydrogens (tertiary/aromatic N) is 1. The Morgan fingerprint density at radius 3 is 2.90 bits per heavy atom. The van der Waals surface area contributed by atoms with E-state index in [1.54, 1.807) is 6.26 Å². The minimum absolute atomic E-state index is 0.743. The molecule has 2 aliphatic carbocycles. The zero-order valence-electron chi connectivity index (χ0n) is 12.7. The maximum absolute atomic E-state index is 5.54. The standard InChI is InChI=1S/C17H28N2O/c1-2-10-18-17-7-3-5-14(17)12-19(15-8-9-15)13-16-6-4-11-20-16/h4,6,11,14-15,17-18H,2-3,5,7-10,12-13H2,1H3. The lowest BCUT2D eigenvalue weighted by atomic mass is 10.0. The largest absolute Gasteiger partial charge is 0.468 e. The molecule has 2 unspecified atom stereocenters. The van der Waals surface area contributed by atoms with Crippen molar-refractivity contribution < 1.29 is 4.42 Å². The van der Waals surface area contributed by atoms with E-state index < -0.39 is 0 Å². The molecule has 2 saturated carbocycles. The SMILES string of the molecule is CCCNC1CCCC1CN(Cc1ccco1)C1CC1. The van der Waals surface area contributed by atoms with E-state index in [0.717, 1.165) is 30.3 Å². The fourth-order valence-corrected chi connectivity index (χ4v) is 3.54. The number of hydrogen-bond donors (Lipinski definition) is 1. The molecule has 0 aromatic carbocycles. The van der Waals surface area contributed by atoms with Gasteiger partial charge in [0, 0.05) is 18.6 Å². The predicted octanol–water partition coefficient (Wildman–Crippen LogP) is 3.41. The molecule has 3 heteroatoms. The molecule has 112 valence electrons. The molecule has 0 aliphatic heterocycles. The van der Waals surface area contributed by atoms with E-state index in [0.29, 0.717) is 0 Å². The Kier molecular flexibility index (Phi) is 4.79. The van der Waals surface area contributed by atoms with Gasteiger partial charge in [-0.2, -0.15) is 0 Å². The van der Waals surface area contributed by atoms with Crippen LogP contribution in [-0.4, -0.2) is 30.1 Å². The lowest BCUT2D eigenvalue weighted by Gasteiger charge is -2.28. The van der Waals surface area contributed by atoms with Gasteiger partial charge in [0.25, 0.3) is 0 Å². The second-order valence-corrected chi connectivity index (χ2v) is 6.49. The lowest BCUT2D eigenvalue weighted by molar-refractivity contribution is 0.184. The zero-order chi connectivity index (χ0) is 13.8. The third-order valence-electron chi connectivity index (χ3n) is 4.79. The van der Waals surface area contributed by atoms with Gasteiger partial charge in [-0.15, -0.1) is 0 Å². The summed E-state index contributed by atoms with van der Waals surface area (Å²) in [5.74, 6) is 1.95. The van der Waals surface area contributed by atoms with E-state index in [9.17, 15) is 0 Å². The van der Waals surface area contributed by atoms with Crippen molar-refractivity contribution in [3.8, 4) is 0 Å². The molecule has 1 aromatic heterocycles. The molecular weight excluding hydrogens is 248 g/mol. The first-order chi connectivity index (χ1) is 9.86. The summed E-state index contributed by atoms with van der Waals surface area (Å²) in [5, 5.41) is 3.75. The van der Waals surface area contributed by atoms with E-state index in [1.165, 1.54) is 51.6 Å². The number of nitrogens with one attached hydrogen (secondary N) is 1. The Labute approximate surface area is 122 Å². The topological polar surface area (TPSA) is 28.4 Å². The molecular formula is C17H28N2O. The van der Waals surface area contributed by atoms with E-state index in [1.807, 2.05) is 6.07 Å². The molecule has 2 fully saturated rings. The monoisotopic (exact) mass is 276 g/mol. The van der Waals surface area contributed by atoms with Crippen molar-refractivity contribution in [2.75, 3.05) is 13.1 Å². The minimum atomic E-state index is 0.743. The van der Waals surface area contributed by atoms with Gasteiger partial charge in [0.05, 0.1) is 12.8 Å². The van der Waals surface area contributed by atoms with Gasteiger partial charge < -0.3 is 9.73 Å². The van der Waals surface area contributed by atoms with Crippen LogP contribution >= 0.6 is 0 Å². The Morgan fingerprint density at radius 1 is 1.30 bits per heavy atom. The summed E-state index contributed by atoms with van der Waals surface area (Å²) in [6.07, 6.45) is 9.93. The highest BCUT2D eigenvalue weighted by Gasteiger charge is 2.34. The van der Waals surface area contributed by atoms with Crippen molar-refractivity contribution in [3.05, 3.63) is 24.2 Å². The lowest BCUT2D eigenvalue weighted by Crippen LogP contribution is -2.40. The number of rotatable bonds is 8. The fourth-order valence-electron chi connectivity index (χ4n) is 3.54. The first kappa shape index (κ1) is 14.2. The maximum Gasteiger partial charge on any atom is 0.117 e. The van der Waals surface area contributed by atoms with Gasteiger partial charge in [0.1, 0.15) is 5.76 Å². The minimum Gasteiger partial charge on any atom is -0.468 e. The van der Waals surface area contributed by atoms with Gasteiger partial charge >= 0.3 is 0 Å². The van der Waals surface area contributed by atoms with E-state index in [4.69, 9.17) is 4.42 Å². The third-order valence-corrected chi connectivity index (χ3v) is 4.79. The van der Waals surface area contributed by atoms with Crippen LogP contribution in [0.3, 0.4) is 0 Å². The fraction of sp³-hybridized carbons (Fsp3) is 0.765. The second kappa shape index (κ2) is 6.77. The highest BCUT2D eigenvalue weighted by molar-refractivity contribution is 5.00. The summed E-state index contributed by atoms with van der Waals surface area (Å²) in [7, 11) is 0. The predicted molar refractivity (Wildman–Crippen MR) is 81.6 cm³/mol. The highest BCUT2D eigenvalue weighted by atomic mass is 16.3. The zero-order valence-corrected chi connectivity index (χ0v) is 12.7. The van der Waals surface area contributed by atoms with Gasteiger partial charge in [0.15, 0.2) is 0 Å². The summed E-state index contributed by atoms with van der Waals surface area (Å²) in [6, 6.07) is 5.67. The smallest absolute Gasteiger partial charge is 0.117 e. The van der Waals surface area contributed by atoms with Crippen molar-refractivity contribution in [2.24, 2.45) is 5.92 Å². The Hall–Kier alpha value is -0.800. The highest BCUT2D eigenvalue weighted by Crippen LogP contribution is 2.33. The van der Waals surface area contributed by atoms with Crippen LogP contribution in [0.25, 0.3) is 0 Å². The van der Waals surface area contributed by atoms with Crippen LogP contribution in [0.1, 0.15) is 51.2 Å². The van der Waals surface area contributed by atoms with Crippen LogP contribution in [0.2, 0.25) is 0 Å². The van der Waals surface area contributed by atoms with Gasteiger partial charge in [-0.1, -0.05) is 13.3 Å². The maximum atomic E-state index is 5.54. The van der Waals surface area contributed by atoms with Crippen LogP contribution < -0.4 is 5.32 Å². The van der Waals surface area contributed by atoms with Crippen molar-refractivity contribution in [2.45, 2.75) is 64.1 Å². The normalized spacial score (nSPS) is 26.5. The third kappa shape index (κ3) is 3.64. The van der Waals surface area contributed by atoms with Crippen molar-refractivity contribution in [1.29, 1.82) is 0 Å². The van der Waals surface area contributed by atoms with Gasteiger partial charge in [-0.25, -0.2) is 0 Å². The van der Waals surface area contributed by atoms with Crippen molar-refractivity contribution in [1.82, 2.24) is 10.2 Å². The molecule has 0 spiro atoms. The van der Waals surface area contributed by atoms with E-state index >= 15 is 0 Å². The Morgan fingerprint density at radius 2 is 2.20 bits per heavy atom. The van der Waals surface area contributed by atoms with Gasteiger partial charge in [0.2, 0.25) is 0 Å². The first-order valence-corrected chi connectivity index (χ1v) is 8.36. The Bertz CT molecular complexity index is 386. The first-order valence-electron chi connectivity index (χ1n) is 8.36. The molecule has 2 atom stereocenters. The average Bonchev–Trinajstić information content (AvgIpc) is 3.00. The Balaban J connectivity index is 1.55. The number of furan rings is 1. The second-order valence-electron chi connectivity index (χ2n) is 6.49.